The maximum absolute atomic E-state index is 12.5. The van der Waals surface area contributed by atoms with Crippen LogP contribution in [-0.2, 0) is 14.9 Å². The predicted octanol–water partition coefficient (Wildman–Crippen LogP) is 3.30. The Hall–Kier alpha value is -3.53. The van der Waals surface area contributed by atoms with Crippen molar-refractivity contribution in [1.29, 1.82) is 5.26 Å². The Bertz CT molecular complexity index is 902. The molecule has 2 rings (SSSR count). The van der Waals surface area contributed by atoms with Crippen LogP contribution in [0.3, 0.4) is 0 Å². The molecule has 146 valence electrons. The molecular formula is C21H22N2O5. The number of rotatable bonds is 7. The van der Waals surface area contributed by atoms with E-state index in [2.05, 4.69) is 5.32 Å². The number of anilines is 1. The molecule has 0 aliphatic heterocycles. The molecule has 1 atom stereocenters. The summed E-state index contributed by atoms with van der Waals surface area (Å²) in [5, 5.41) is 12.2. The molecule has 0 aliphatic rings. The number of esters is 1. The molecule has 1 unspecified atom stereocenters. The summed E-state index contributed by atoms with van der Waals surface area (Å²) in [7, 11) is 3.01. The first-order valence-corrected chi connectivity index (χ1v) is 8.62. The first-order chi connectivity index (χ1) is 13.4. The van der Waals surface area contributed by atoms with E-state index in [-0.39, 0.29) is 12.5 Å². The second-order valence-corrected chi connectivity index (χ2v) is 6.06. The highest BCUT2D eigenvalue weighted by Crippen LogP contribution is 2.29. The SMILES string of the molecule is CCOC(=O)C(C)(C#N)c1ccc(NC(=O)c2ccc(OC)c(OC)c2)cc1. The largest absolute Gasteiger partial charge is 0.493 e. The fraction of sp³-hybridized carbons (Fsp3) is 0.286. The van der Waals surface area contributed by atoms with Gasteiger partial charge >= 0.3 is 5.97 Å². The number of methoxy groups -OCH3 is 2. The number of benzene rings is 2. The molecule has 7 heteroatoms. The molecule has 0 heterocycles. The standard InChI is InChI=1S/C21H22N2O5/c1-5-28-20(25)21(2,13-22)15-7-9-16(10-8-15)23-19(24)14-6-11-17(26-3)18(12-14)27-4/h6-12H,5H2,1-4H3,(H,23,24). The van der Waals surface area contributed by atoms with Crippen LogP contribution in [0.15, 0.2) is 42.5 Å². The predicted molar refractivity (Wildman–Crippen MR) is 104 cm³/mol. The monoisotopic (exact) mass is 382 g/mol. The van der Waals surface area contributed by atoms with Crippen LogP contribution in [0.5, 0.6) is 11.5 Å². The zero-order chi connectivity index (χ0) is 20.7. The van der Waals surface area contributed by atoms with Gasteiger partial charge in [-0.05, 0) is 49.7 Å². The van der Waals surface area contributed by atoms with Gasteiger partial charge in [0.25, 0.3) is 5.91 Å². The van der Waals surface area contributed by atoms with Gasteiger partial charge in [-0.25, -0.2) is 4.79 Å². The Kier molecular flexibility index (Phi) is 6.61. The third kappa shape index (κ3) is 4.23. The van der Waals surface area contributed by atoms with Crippen molar-refractivity contribution >= 4 is 17.6 Å². The molecule has 1 amide bonds. The molecule has 1 N–H and O–H groups in total. The quantitative estimate of drug-likeness (QED) is 0.738. The fourth-order valence-electron chi connectivity index (χ4n) is 2.57. The highest BCUT2D eigenvalue weighted by Gasteiger charge is 2.37. The molecule has 0 spiro atoms. The van der Waals surface area contributed by atoms with Crippen LogP contribution in [0.1, 0.15) is 29.8 Å². The molecule has 0 fully saturated rings. The lowest BCUT2D eigenvalue weighted by Crippen LogP contribution is -2.32. The minimum Gasteiger partial charge on any atom is -0.493 e. The van der Waals surface area contributed by atoms with Gasteiger partial charge in [0.15, 0.2) is 16.9 Å². The molecule has 2 aromatic rings. The van der Waals surface area contributed by atoms with Gasteiger partial charge in [-0.2, -0.15) is 5.26 Å². The Morgan fingerprint density at radius 3 is 2.25 bits per heavy atom. The van der Waals surface area contributed by atoms with E-state index in [1.807, 2.05) is 6.07 Å². The van der Waals surface area contributed by atoms with Crippen molar-refractivity contribution in [3.63, 3.8) is 0 Å². The van der Waals surface area contributed by atoms with Gasteiger partial charge in [0.1, 0.15) is 0 Å². The lowest BCUT2D eigenvalue weighted by Gasteiger charge is -2.20. The van der Waals surface area contributed by atoms with Crippen molar-refractivity contribution in [3.8, 4) is 17.6 Å². The van der Waals surface area contributed by atoms with Gasteiger partial charge in [-0.1, -0.05) is 12.1 Å². The maximum Gasteiger partial charge on any atom is 0.330 e. The zero-order valence-electron chi connectivity index (χ0n) is 16.2. The number of carbonyl (C=O) groups excluding carboxylic acids is 2. The topological polar surface area (TPSA) is 97.7 Å². The van der Waals surface area contributed by atoms with E-state index >= 15 is 0 Å². The van der Waals surface area contributed by atoms with Crippen LogP contribution in [0.2, 0.25) is 0 Å². The third-order valence-electron chi connectivity index (χ3n) is 4.27. The summed E-state index contributed by atoms with van der Waals surface area (Å²) in [6.07, 6.45) is 0. The number of nitrogens with one attached hydrogen (secondary N) is 1. The summed E-state index contributed by atoms with van der Waals surface area (Å²) in [5.74, 6) is 0.0321. The highest BCUT2D eigenvalue weighted by molar-refractivity contribution is 6.04. The lowest BCUT2D eigenvalue weighted by molar-refractivity contribution is -0.147. The van der Waals surface area contributed by atoms with E-state index in [1.165, 1.54) is 21.1 Å². The van der Waals surface area contributed by atoms with Gasteiger partial charge in [0.05, 0.1) is 26.9 Å². The maximum atomic E-state index is 12.5. The minimum absolute atomic E-state index is 0.190. The van der Waals surface area contributed by atoms with E-state index in [4.69, 9.17) is 14.2 Å². The molecule has 28 heavy (non-hydrogen) atoms. The van der Waals surface area contributed by atoms with Gasteiger partial charge in [0, 0.05) is 11.3 Å². The molecule has 2 aromatic carbocycles. The molecule has 0 saturated carbocycles. The summed E-state index contributed by atoms with van der Waals surface area (Å²) < 4.78 is 15.4. The Labute approximate surface area is 163 Å². The van der Waals surface area contributed by atoms with Crippen LogP contribution < -0.4 is 14.8 Å². The van der Waals surface area contributed by atoms with Crippen LogP contribution >= 0.6 is 0 Å². The highest BCUT2D eigenvalue weighted by atomic mass is 16.5. The third-order valence-corrected chi connectivity index (χ3v) is 4.27. The van der Waals surface area contributed by atoms with Crippen molar-refractivity contribution in [1.82, 2.24) is 0 Å². The Morgan fingerprint density at radius 1 is 1.07 bits per heavy atom. The zero-order valence-corrected chi connectivity index (χ0v) is 16.2. The first kappa shape index (κ1) is 20.8. The number of nitriles is 1. The molecule has 0 radical (unpaired) electrons. The van der Waals surface area contributed by atoms with Crippen LogP contribution in [0, 0.1) is 11.3 Å². The normalized spacial score (nSPS) is 12.2. The summed E-state index contributed by atoms with van der Waals surface area (Å²) in [6.45, 7) is 3.38. The smallest absolute Gasteiger partial charge is 0.330 e. The summed E-state index contributed by atoms with van der Waals surface area (Å²) in [6, 6.07) is 13.3. The fourth-order valence-corrected chi connectivity index (χ4v) is 2.57. The van der Waals surface area contributed by atoms with E-state index in [0.717, 1.165) is 0 Å². The van der Waals surface area contributed by atoms with Crippen molar-refractivity contribution < 1.29 is 23.8 Å². The Morgan fingerprint density at radius 2 is 1.71 bits per heavy atom. The average Bonchev–Trinajstić information content (AvgIpc) is 2.73. The molecule has 0 aliphatic carbocycles. The summed E-state index contributed by atoms with van der Waals surface area (Å²) in [5.41, 5.74) is -0.0117. The number of ether oxygens (including phenoxy) is 3. The number of hydrogen-bond donors (Lipinski definition) is 1. The number of amides is 1. The van der Waals surface area contributed by atoms with Gasteiger partial charge < -0.3 is 19.5 Å². The van der Waals surface area contributed by atoms with E-state index in [9.17, 15) is 14.9 Å². The van der Waals surface area contributed by atoms with Crippen molar-refractivity contribution in [3.05, 3.63) is 53.6 Å². The van der Waals surface area contributed by atoms with Gasteiger partial charge in [-0.3, -0.25) is 4.79 Å². The number of hydrogen-bond acceptors (Lipinski definition) is 6. The van der Waals surface area contributed by atoms with Crippen LogP contribution in [-0.4, -0.2) is 32.7 Å². The minimum atomic E-state index is -1.41. The summed E-state index contributed by atoms with van der Waals surface area (Å²) >= 11 is 0. The van der Waals surface area contributed by atoms with Crippen molar-refractivity contribution in [2.45, 2.75) is 19.3 Å². The second-order valence-electron chi connectivity index (χ2n) is 6.06. The lowest BCUT2D eigenvalue weighted by atomic mass is 9.84. The van der Waals surface area contributed by atoms with Crippen LogP contribution in [0.25, 0.3) is 0 Å². The molecule has 0 bridgehead atoms. The number of nitrogens with zero attached hydrogens (tertiary/aromatic N) is 1. The first-order valence-electron chi connectivity index (χ1n) is 8.62. The molecular weight excluding hydrogens is 360 g/mol. The summed E-state index contributed by atoms with van der Waals surface area (Å²) in [4.78, 5) is 24.6. The van der Waals surface area contributed by atoms with Crippen molar-refractivity contribution in [2.24, 2.45) is 0 Å². The van der Waals surface area contributed by atoms with Gasteiger partial charge in [-0.15, -0.1) is 0 Å². The molecule has 7 nitrogen and oxygen atoms in total. The van der Waals surface area contributed by atoms with Crippen LogP contribution in [0.4, 0.5) is 5.69 Å². The molecule has 0 aromatic heterocycles. The second kappa shape index (κ2) is 8.91. The Balaban J connectivity index is 2.19. The van der Waals surface area contributed by atoms with Gasteiger partial charge in [0.2, 0.25) is 0 Å². The van der Waals surface area contributed by atoms with E-state index in [0.29, 0.717) is 28.3 Å². The number of carbonyl (C=O) groups is 2. The van der Waals surface area contributed by atoms with E-state index < -0.39 is 11.4 Å². The molecule has 0 saturated heterocycles. The van der Waals surface area contributed by atoms with Crippen molar-refractivity contribution in [2.75, 3.05) is 26.1 Å². The van der Waals surface area contributed by atoms with E-state index in [1.54, 1.807) is 49.4 Å². The average molecular weight is 382 g/mol.